The molecule has 0 aliphatic carbocycles. The van der Waals surface area contributed by atoms with Crippen LogP contribution in [0.3, 0.4) is 0 Å². The van der Waals surface area contributed by atoms with Crippen molar-refractivity contribution >= 4 is 23.2 Å². The number of ether oxygens (including phenoxy) is 2. The number of hydrogen-bond acceptors (Lipinski definition) is 4. The average molecular weight is 358 g/mol. The third-order valence-corrected chi connectivity index (χ3v) is 3.85. The minimum Gasteiger partial charge on any atom is -0.497 e. The molecule has 6 nitrogen and oxygen atoms in total. The molecule has 0 fully saturated rings. The second-order valence-electron chi connectivity index (χ2n) is 5.19. The summed E-state index contributed by atoms with van der Waals surface area (Å²) in [5.41, 5.74) is 2.34. The summed E-state index contributed by atoms with van der Waals surface area (Å²) in [6, 6.07) is 14.1. The number of nitrogens with one attached hydrogen (secondary N) is 2. The van der Waals surface area contributed by atoms with Gasteiger partial charge in [0, 0.05) is 10.6 Å². The molecule has 1 heterocycles. The van der Waals surface area contributed by atoms with E-state index in [0.717, 1.165) is 11.3 Å². The Balaban J connectivity index is 1.80. The van der Waals surface area contributed by atoms with Crippen LogP contribution in [-0.4, -0.2) is 30.3 Å². The molecule has 0 saturated carbocycles. The molecule has 2 N–H and O–H groups in total. The molecule has 128 valence electrons. The Morgan fingerprint density at radius 2 is 1.84 bits per heavy atom. The first-order valence-electron chi connectivity index (χ1n) is 7.45. The van der Waals surface area contributed by atoms with Crippen LogP contribution in [0.2, 0.25) is 5.02 Å². The van der Waals surface area contributed by atoms with E-state index in [-0.39, 0.29) is 5.91 Å². The Bertz CT molecular complexity index is 891. The molecule has 3 rings (SSSR count). The van der Waals surface area contributed by atoms with Gasteiger partial charge in [-0.05, 0) is 48.5 Å². The topological polar surface area (TPSA) is 76.2 Å². The first kappa shape index (κ1) is 16.9. The zero-order valence-corrected chi connectivity index (χ0v) is 14.4. The minimum atomic E-state index is -0.340. The number of hydrogen-bond donors (Lipinski definition) is 2. The molecule has 0 saturated heterocycles. The Hall–Kier alpha value is -2.99. The number of methoxy groups -OCH3 is 2. The monoisotopic (exact) mass is 357 g/mol. The first-order chi connectivity index (χ1) is 12.1. The summed E-state index contributed by atoms with van der Waals surface area (Å²) in [6.45, 7) is 0. The highest BCUT2D eigenvalue weighted by Crippen LogP contribution is 2.28. The van der Waals surface area contributed by atoms with Crippen molar-refractivity contribution < 1.29 is 14.3 Å². The molecular formula is C18H16ClN3O3. The van der Waals surface area contributed by atoms with E-state index in [1.807, 2.05) is 24.3 Å². The fraction of sp³-hybridized carbons (Fsp3) is 0.111. The summed E-state index contributed by atoms with van der Waals surface area (Å²) < 4.78 is 10.4. The van der Waals surface area contributed by atoms with E-state index in [1.54, 1.807) is 31.4 Å². The lowest BCUT2D eigenvalue weighted by Crippen LogP contribution is -2.13. The maximum absolute atomic E-state index is 12.4. The smallest absolute Gasteiger partial charge is 0.273 e. The second kappa shape index (κ2) is 7.27. The summed E-state index contributed by atoms with van der Waals surface area (Å²) in [5, 5.41) is 10.2. The zero-order chi connectivity index (χ0) is 17.8. The fourth-order valence-electron chi connectivity index (χ4n) is 2.32. The number of carbonyl (C=O) groups excluding carboxylic acids is 1. The quantitative estimate of drug-likeness (QED) is 0.723. The highest BCUT2D eigenvalue weighted by molar-refractivity contribution is 6.31. The van der Waals surface area contributed by atoms with Crippen LogP contribution in [0.15, 0.2) is 48.5 Å². The van der Waals surface area contributed by atoms with Crippen molar-refractivity contribution in [1.82, 2.24) is 10.2 Å². The number of anilines is 1. The van der Waals surface area contributed by atoms with Crippen molar-refractivity contribution in [3.05, 3.63) is 59.2 Å². The lowest BCUT2D eigenvalue weighted by atomic mass is 10.1. The molecule has 0 bridgehead atoms. The summed E-state index contributed by atoms with van der Waals surface area (Å²) in [5.74, 6) is 0.936. The molecule has 25 heavy (non-hydrogen) atoms. The molecule has 0 atom stereocenters. The molecular weight excluding hydrogens is 342 g/mol. The number of H-pyrrole nitrogens is 1. The average Bonchev–Trinajstić information content (AvgIpc) is 3.12. The summed E-state index contributed by atoms with van der Waals surface area (Å²) in [6.07, 6.45) is 0. The van der Waals surface area contributed by atoms with Crippen molar-refractivity contribution in [3.8, 4) is 22.8 Å². The standard InChI is InChI=1S/C18H16ClN3O3/c1-24-13-6-3-11(4-7-13)14-10-16(22-21-14)18(23)20-15-9-12(19)5-8-17(15)25-2/h3-10H,1-2H3,(H,20,23)(H,21,22). The molecule has 0 aliphatic rings. The van der Waals surface area contributed by atoms with Gasteiger partial charge in [-0.1, -0.05) is 11.6 Å². The molecule has 0 spiro atoms. The van der Waals surface area contributed by atoms with Gasteiger partial charge in [0.2, 0.25) is 0 Å². The summed E-state index contributed by atoms with van der Waals surface area (Å²) in [7, 11) is 3.13. The molecule has 7 heteroatoms. The van der Waals surface area contributed by atoms with Gasteiger partial charge < -0.3 is 14.8 Å². The van der Waals surface area contributed by atoms with E-state index in [0.29, 0.717) is 27.8 Å². The predicted molar refractivity (Wildman–Crippen MR) is 96.5 cm³/mol. The highest BCUT2D eigenvalue weighted by Gasteiger charge is 2.14. The maximum atomic E-state index is 12.4. The van der Waals surface area contributed by atoms with Crippen LogP contribution < -0.4 is 14.8 Å². The Labute approximate surface area is 149 Å². The van der Waals surface area contributed by atoms with Crippen molar-refractivity contribution in [3.63, 3.8) is 0 Å². The lowest BCUT2D eigenvalue weighted by Gasteiger charge is -2.09. The summed E-state index contributed by atoms with van der Waals surface area (Å²) >= 11 is 5.97. The number of benzene rings is 2. The van der Waals surface area contributed by atoms with Crippen LogP contribution in [0.4, 0.5) is 5.69 Å². The normalized spacial score (nSPS) is 10.4. The van der Waals surface area contributed by atoms with Gasteiger partial charge >= 0.3 is 0 Å². The van der Waals surface area contributed by atoms with E-state index >= 15 is 0 Å². The van der Waals surface area contributed by atoms with Gasteiger partial charge in [-0.15, -0.1) is 0 Å². The second-order valence-corrected chi connectivity index (χ2v) is 5.63. The molecule has 0 unspecified atom stereocenters. The molecule has 3 aromatic rings. The predicted octanol–water partition coefficient (Wildman–Crippen LogP) is 4.00. The Kier molecular flexibility index (Phi) is 4.90. The third kappa shape index (κ3) is 3.75. The SMILES string of the molecule is COc1ccc(-c2cc(C(=O)Nc3cc(Cl)ccc3OC)[nH]n2)cc1. The molecule has 1 aromatic heterocycles. The fourth-order valence-corrected chi connectivity index (χ4v) is 2.49. The zero-order valence-electron chi connectivity index (χ0n) is 13.7. The number of aromatic amines is 1. The van der Waals surface area contributed by atoms with E-state index in [9.17, 15) is 4.79 Å². The van der Waals surface area contributed by atoms with E-state index in [1.165, 1.54) is 7.11 Å². The van der Waals surface area contributed by atoms with Crippen molar-refractivity contribution in [2.45, 2.75) is 0 Å². The van der Waals surface area contributed by atoms with E-state index in [2.05, 4.69) is 15.5 Å². The van der Waals surface area contributed by atoms with E-state index in [4.69, 9.17) is 21.1 Å². The van der Waals surface area contributed by atoms with Crippen LogP contribution in [0, 0.1) is 0 Å². The van der Waals surface area contributed by atoms with Gasteiger partial charge in [0.1, 0.15) is 17.2 Å². The van der Waals surface area contributed by atoms with Crippen LogP contribution >= 0.6 is 11.6 Å². The lowest BCUT2D eigenvalue weighted by molar-refractivity contribution is 0.102. The highest BCUT2D eigenvalue weighted by atomic mass is 35.5. The first-order valence-corrected chi connectivity index (χ1v) is 7.83. The number of amides is 1. The number of aromatic nitrogens is 2. The van der Waals surface area contributed by atoms with Crippen molar-refractivity contribution in [2.24, 2.45) is 0 Å². The number of carbonyl (C=O) groups is 1. The van der Waals surface area contributed by atoms with Crippen molar-refractivity contribution in [1.29, 1.82) is 0 Å². The molecule has 1 amide bonds. The number of nitrogens with zero attached hydrogens (tertiary/aromatic N) is 1. The van der Waals surface area contributed by atoms with Gasteiger partial charge in [-0.2, -0.15) is 5.10 Å². The Morgan fingerprint density at radius 3 is 2.52 bits per heavy atom. The third-order valence-electron chi connectivity index (χ3n) is 3.62. The van der Waals surface area contributed by atoms with Crippen LogP contribution in [0.5, 0.6) is 11.5 Å². The van der Waals surface area contributed by atoms with Crippen LogP contribution in [-0.2, 0) is 0 Å². The molecule has 0 radical (unpaired) electrons. The van der Waals surface area contributed by atoms with Gasteiger partial charge in [-0.25, -0.2) is 0 Å². The van der Waals surface area contributed by atoms with Crippen LogP contribution in [0.1, 0.15) is 10.5 Å². The van der Waals surface area contributed by atoms with Gasteiger partial charge in [0.25, 0.3) is 5.91 Å². The summed E-state index contributed by atoms with van der Waals surface area (Å²) in [4.78, 5) is 12.4. The van der Waals surface area contributed by atoms with Gasteiger partial charge in [0.05, 0.1) is 25.6 Å². The Morgan fingerprint density at radius 1 is 1.08 bits per heavy atom. The molecule has 2 aromatic carbocycles. The number of halogens is 1. The van der Waals surface area contributed by atoms with Gasteiger partial charge in [-0.3, -0.25) is 9.89 Å². The van der Waals surface area contributed by atoms with Crippen molar-refractivity contribution in [2.75, 3.05) is 19.5 Å². The number of rotatable bonds is 5. The minimum absolute atomic E-state index is 0.327. The molecule has 0 aliphatic heterocycles. The van der Waals surface area contributed by atoms with Crippen LogP contribution in [0.25, 0.3) is 11.3 Å². The largest absolute Gasteiger partial charge is 0.497 e. The maximum Gasteiger partial charge on any atom is 0.273 e. The van der Waals surface area contributed by atoms with E-state index < -0.39 is 0 Å². The van der Waals surface area contributed by atoms with Gasteiger partial charge in [0.15, 0.2) is 0 Å².